The van der Waals surface area contributed by atoms with E-state index in [2.05, 4.69) is 13.8 Å². The van der Waals surface area contributed by atoms with Crippen molar-refractivity contribution in [3.63, 3.8) is 0 Å². The van der Waals surface area contributed by atoms with Crippen LogP contribution in [0.1, 0.15) is 55.6 Å². The highest BCUT2D eigenvalue weighted by molar-refractivity contribution is 5.99. The summed E-state index contributed by atoms with van der Waals surface area (Å²) in [7, 11) is 0. The number of hydrogen-bond acceptors (Lipinski definition) is 2. The zero-order chi connectivity index (χ0) is 15.0. The molecule has 0 radical (unpaired) electrons. The number of rotatable bonds is 2. The van der Waals surface area contributed by atoms with E-state index in [4.69, 9.17) is 0 Å². The first-order valence-electron chi connectivity index (χ1n) is 7.95. The number of amides is 1. The van der Waals surface area contributed by atoms with Crippen molar-refractivity contribution in [2.24, 2.45) is 5.41 Å². The number of carbonyl (C=O) groups is 2. The summed E-state index contributed by atoms with van der Waals surface area (Å²) in [6.07, 6.45) is 6.83. The molecule has 1 fully saturated rings. The number of fused-ring (bicyclic) bond motifs is 1. The van der Waals surface area contributed by atoms with E-state index in [0.717, 1.165) is 43.6 Å². The van der Waals surface area contributed by atoms with Gasteiger partial charge in [-0.05, 0) is 37.2 Å². The van der Waals surface area contributed by atoms with E-state index >= 15 is 0 Å². The SMILES string of the molecule is CC1(C)CC(=O)c2ccn(CC(=O)N3CCCCC3)c2C1. The minimum atomic E-state index is -0.00560. The zero-order valence-corrected chi connectivity index (χ0v) is 13.0. The van der Waals surface area contributed by atoms with E-state index in [1.807, 2.05) is 21.7 Å². The average molecular weight is 288 g/mol. The highest BCUT2D eigenvalue weighted by Crippen LogP contribution is 2.35. The summed E-state index contributed by atoms with van der Waals surface area (Å²) in [5, 5.41) is 0. The van der Waals surface area contributed by atoms with Gasteiger partial charge >= 0.3 is 0 Å². The molecular formula is C17H24N2O2. The van der Waals surface area contributed by atoms with Gasteiger partial charge in [0.2, 0.25) is 5.91 Å². The molecule has 0 atom stereocenters. The third-order valence-corrected chi connectivity index (χ3v) is 4.68. The van der Waals surface area contributed by atoms with Crippen molar-refractivity contribution in [2.75, 3.05) is 13.1 Å². The predicted octanol–water partition coefficient (Wildman–Crippen LogP) is 2.66. The van der Waals surface area contributed by atoms with Gasteiger partial charge in [0.25, 0.3) is 0 Å². The maximum Gasteiger partial charge on any atom is 0.242 e. The fourth-order valence-corrected chi connectivity index (χ4v) is 3.54. The Morgan fingerprint density at radius 2 is 1.90 bits per heavy atom. The monoisotopic (exact) mass is 288 g/mol. The second-order valence-corrected chi connectivity index (χ2v) is 7.19. The summed E-state index contributed by atoms with van der Waals surface area (Å²) in [6, 6.07) is 1.89. The summed E-state index contributed by atoms with van der Waals surface area (Å²) < 4.78 is 1.99. The lowest BCUT2D eigenvalue weighted by molar-refractivity contribution is -0.132. The molecule has 114 valence electrons. The average Bonchev–Trinajstić information content (AvgIpc) is 2.81. The molecule has 0 spiro atoms. The molecule has 4 nitrogen and oxygen atoms in total. The number of nitrogens with zero attached hydrogens (tertiary/aromatic N) is 2. The highest BCUT2D eigenvalue weighted by Gasteiger charge is 2.33. The normalized spacial score (nSPS) is 21.2. The Bertz CT molecular complexity index is 565. The van der Waals surface area contributed by atoms with Crippen molar-refractivity contribution in [1.82, 2.24) is 9.47 Å². The van der Waals surface area contributed by atoms with Gasteiger partial charge in [-0.15, -0.1) is 0 Å². The molecule has 3 rings (SSSR count). The van der Waals surface area contributed by atoms with Gasteiger partial charge in [0, 0.05) is 37.0 Å². The van der Waals surface area contributed by atoms with E-state index in [1.54, 1.807) is 0 Å². The van der Waals surface area contributed by atoms with Crippen LogP contribution in [0.3, 0.4) is 0 Å². The van der Waals surface area contributed by atoms with Crippen molar-refractivity contribution in [3.8, 4) is 0 Å². The minimum Gasteiger partial charge on any atom is -0.341 e. The van der Waals surface area contributed by atoms with Gasteiger partial charge in [0.15, 0.2) is 5.78 Å². The van der Waals surface area contributed by atoms with E-state index in [1.165, 1.54) is 6.42 Å². The lowest BCUT2D eigenvalue weighted by Gasteiger charge is -2.31. The van der Waals surface area contributed by atoms with Crippen molar-refractivity contribution < 1.29 is 9.59 Å². The molecule has 1 aliphatic carbocycles. The zero-order valence-electron chi connectivity index (χ0n) is 13.0. The maximum absolute atomic E-state index is 12.4. The number of piperidine rings is 1. The highest BCUT2D eigenvalue weighted by atomic mass is 16.2. The van der Waals surface area contributed by atoms with Gasteiger partial charge < -0.3 is 9.47 Å². The Hall–Kier alpha value is -1.58. The number of hydrogen-bond donors (Lipinski definition) is 0. The van der Waals surface area contributed by atoms with Gasteiger partial charge in [-0.3, -0.25) is 9.59 Å². The third-order valence-electron chi connectivity index (χ3n) is 4.68. The van der Waals surface area contributed by atoms with Crippen LogP contribution in [-0.2, 0) is 17.8 Å². The van der Waals surface area contributed by atoms with Gasteiger partial charge in [0.05, 0.1) is 0 Å². The Morgan fingerprint density at radius 1 is 1.19 bits per heavy atom. The number of ketones is 1. The molecule has 0 saturated carbocycles. The molecule has 21 heavy (non-hydrogen) atoms. The first-order chi connectivity index (χ1) is 9.96. The molecular weight excluding hydrogens is 264 g/mol. The van der Waals surface area contributed by atoms with Gasteiger partial charge in [-0.2, -0.15) is 0 Å². The summed E-state index contributed by atoms with van der Waals surface area (Å²) in [6.45, 7) is 6.38. The van der Waals surface area contributed by atoms with E-state index in [-0.39, 0.29) is 17.1 Å². The smallest absolute Gasteiger partial charge is 0.242 e. The minimum absolute atomic E-state index is 0.00560. The Morgan fingerprint density at radius 3 is 2.62 bits per heavy atom. The molecule has 2 heterocycles. The van der Waals surface area contributed by atoms with Crippen LogP contribution < -0.4 is 0 Å². The Labute approximate surface area is 126 Å². The predicted molar refractivity (Wildman–Crippen MR) is 81.3 cm³/mol. The standard InChI is InChI=1S/C17H24N2O2/c1-17(2)10-14-13(15(20)11-17)6-9-19(14)12-16(21)18-7-4-3-5-8-18/h6,9H,3-5,7-8,10-12H2,1-2H3. The number of aromatic nitrogens is 1. The molecule has 1 aliphatic heterocycles. The fourth-order valence-electron chi connectivity index (χ4n) is 3.54. The second kappa shape index (κ2) is 5.32. The number of Topliss-reactive ketones (excluding diaryl/α,β-unsaturated/α-hetero) is 1. The van der Waals surface area contributed by atoms with E-state index in [9.17, 15) is 9.59 Å². The molecule has 1 aromatic rings. The fraction of sp³-hybridized carbons (Fsp3) is 0.647. The van der Waals surface area contributed by atoms with Crippen LogP contribution >= 0.6 is 0 Å². The molecule has 1 amide bonds. The van der Waals surface area contributed by atoms with Crippen LogP contribution in [0.2, 0.25) is 0 Å². The molecule has 1 aromatic heterocycles. The molecule has 0 bridgehead atoms. The van der Waals surface area contributed by atoms with E-state index < -0.39 is 0 Å². The molecule has 4 heteroatoms. The molecule has 2 aliphatic rings. The maximum atomic E-state index is 12.4. The lowest BCUT2D eigenvalue weighted by atomic mass is 9.76. The summed E-state index contributed by atoms with van der Waals surface area (Å²) in [4.78, 5) is 26.6. The third kappa shape index (κ3) is 2.89. The number of carbonyl (C=O) groups excluding carboxylic acids is 2. The van der Waals surface area contributed by atoms with Crippen molar-refractivity contribution >= 4 is 11.7 Å². The van der Waals surface area contributed by atoms with Crippen LogP contribution in [0.4, 0.5) is 0 Å². The Balaban J connectivity index is 1.78. The Kier molecular flexibility index (Phi) is 3.64. The van der Waals surface area contributed by atoms with E-state index in [0.29, 0.717) is 13.0 Å². The summed E-state index contributed by atoms with van der Waals surface area (Å²) in [5.74, 6) is 0.398. The first-order valence-corrected chi connectivity index (χ1v) is 7.95. The van der Waals surface area contributed by atoms with Crippen LogP contribution in [0.25, 0.3) is 0 Å². The lowest BCUT2D eigenvalue weighted by Crippen LogP contribution is -2.38. The van der Waals surface area contributed by atoms with Crippen LogP contribution in [0.5, 0.6) is 0 Å². The van der Waals surface area contributed by atoms with Gasteiger partial charge in [0.1, 0.15) is 6.54 Å². The van der Waals surface area contributed by atoms with Crippen LogP contribution in [0, 0.1) is 5.41 Å². The van der Waals surface area contributed by atoms with Crippen molar-refractivity contribution in [3.05, 3.63) is 23.5 Å². The van der Waals surface area contributed by atoms with Crippen LogP contribution in [-0.4, -0.2) is 34.2 Å². The molecule has 0 unspecified atom stereocenters. The summed E-state index contributed by atoms with van der Waals surface area (Å²) >= 11 is 0. The first kappa shape index (κ1) is 14.4. The van der Waals surface area contributed by atoms with Gasteiger partial charge in [-0.1, -0.05) is 13.8 Å². The molecule has 1 saturated heterocycles. The largest absolute Gasteiger partial charge is 0.341 e. The van der Waals surface area contributed by atoms with Crippen LogP contribution in [0.15, 0.2) is 12.3 Å². The van der Waals surface area contributed by atoms with Crippen molar-refractivity contribution in [1.29, 1.82) is 0 Å². The van der Waals surface area contributed by atoms with Gasteiger partial charge in [-0.25, -0.2) is 0 Å². The van der Waals surface area contributed by atoms with Crippen molar-refractivity contribution in [2.45, 2.75) is 52.5 Å². The molecule has 0 N–H and O–H groups in total. The topological polar surface area (TPSA) is 42.3 Å². The molecule has 0 aromatic carbocycles. The summed E-state index contributed by atoms with van der Waals surface area (Å²) in [5.41, 5.74) is 1.86. The number of likely N-dealkylation sites (tertiary alicyclic amines) is 1. The quantitative estimate of drug-likeness (QED) is 0.839. The second-order valence-electron chi connectivity index (χ2n) is 7.19.